The molecule has 142 valence electrons. The molecule has 0 radical (unpaired) electrons. The molecule has 27 heavy (non-hydrogen) atoms. The topological polar surface area (TPSA) is 32.8 Å². The number of carbonyl (C=O) groups excluding carboxylic acids is 1. The largest absolute Gasteiger partial charge is 0.492 e. The van der Waals surface area contributed by atoms with Gasteiger partial charge in [0.2, 0.25) is 5.91 Å². The van der Waals surface area contributed by atoms with Gasteiger partial charge >= 0.3 is 0 Å². The van der Waals surface area contributed by atoms with Crippen LogP contribution in [0.4, 0.5) is 5.69 Å². The van der Waals surface area contributed by atoms with E-state index in [0.29, 0.717) is 13.2 Å². The Hall–Kier alpha value is -2.49. The Kier molecular flexibility index (Phi) is 5.33. The summed E-state index contributed by atoms with van der Waals surface area (Å²) in [6.45, 7) is 3.41. The van der Waals surface area contributed by atoms with Gasteiger partial charge in [0, 0.05) is 32.4 Å². The minimum atomic E-state index is -0.0995. The number of rotatable bonds is 4. The molecule has 0 saturated carbocycles. The summed E-state index contributed by atoms with van der Waals surface area (Å²) in [5, 5.41) is 0. The van der Waals surface area contributed by atoms with E-state index >= 15 is 0 Å². The third-order valence-corrected chi connectivity index (χ3v) is 5.68. The summed E-state index contributed by atoms with van der Waals surface area (Å²) in [5.74, 6) is 0.972. The van der Waals surface area contributed by atoms with Gasteiger partial charge in [0.15, 0.2) is 0 Å². The van der Waals surface area contributed by atoms with Crippen molar-refractivity contribution in [2.75, 3.05) is 31.6 Å². The van der Waals surface area contributed by atoms with Gasteiger partial charge in [-0.1, -0.05) is 30.3 Å². The van der Waals surface area contributed by atoms with Crippen molar-refractivity contribution < 1.29 is 9.53 Å². The van der Waals surface area contributed by atoms with Crippen LogP contribution in [0.2, 0.25) is 0 Å². The van der Waals surface area contributed by atoms with Crippen LogP contribution >= 0.6 is 0 Å². The normalized spacial score (nSPS) is 19.1. The Labute approximate surface area is 161 Å². The summed E-state index contributed by atoms with van der Waals surface area (Å²) >= 11 is 0. The third-order valence-electron chi connectivity index (χ3n) is 5.68. The second kappa shape index (κ2) is 8.03. The van der Waals surface area contributed by atoms with Crippen LogP contribution in [0.1, 0.15) is 30.4 Å². The molecule has 0 aliphatic carbocycles. The van der Waals surface area contributed by atoms with Gasteiger partial charge in [-0.15, -0.1) is 0 Å². The SMILES string of the molecule is CN(Cc1ccc(N2CCCCC2)cc1)C(=O)C1COc2ccccc2C1. The molecule has 2 aliphatic heterocycles. The summed E-state index contributed by atoms with van der Waals surface area (Å²) in [6.07, 6.45) is 4.67. The molecule has 0 spiro atoms. The molecule has 4 heteroatoms. The molecular formula is C23H28N2O2. The maximum absolute atomic E-state index is 12.9. The standard InChI is InChI=1S/C23H28N2O2/c1-24(23(26)20-15-19-7-3-4-8-22(19)27-17-20)16-18-9-11-21(12-10-18)25-13-5-2-6-14-25/h3-4,7-12,20H,2,5-6,13-17H2,1H3. The first-order valence-electron chi connectivity index (χ1n) is 10.0. The van der Waals surface area contributed by atoms with E-state index in [1.807, 2.05) is 36.2 Å². The summed E-state index contributed by atoms with van der Waals surface area (Å²) < 4.78 is 5.79. The molecule has 1 unspecified atom stereocenters. The minimum Gasteiger partial charge on any atom is -0.492 e. The summed E-state index contributed by atoms with van der Waals surface area (Å²) in [7, 11) is 1.89. The number of amides is 1. The lowest BCUT2D eigenvalue weighted by Crippen LogP contribution is -2.38. The fourth-order valence-electron chi connectivity index (χ4n) is 4.11. The Balaban J connectivity index is 1.36. The van der Waals surface area contributed by atoms with Crippen LogP contribution in [-0.2, 0) is 17.8 Å². The number of anilines is 1. The number of para-hydroxylation sites is 1. The van der Waals surface area contributed by atoms with E-state index in [1.54, 1.807) is 0 Å². The van der Waals surface area contributed by atoms with Crippen molar-refractivity contribution in [3.8, 4) is 5.75 Å². The van der Waals surface area contributed by atoms with E-state index in [9.17, 15) is 4.79 Å². The predicted molar refractivity (Wildman–Crippen MR) is 108 cm³/mol. The average Bonchev–Trinajstić information content (AvgIpc) is 2.74. The molecule has 0 aromatic heterocycles. The van der Waals surface area contributed by atoms with Gasteiger partial charge in [0.25, 0.3) is 0 Å². The fourth-order valence-corrected chi connectivity index (χ4v) is 4.11. The van der Waals surface area contributed by atoms with E-state index < -0.39 is 0 Å². The lowest BCUT2D eigenvalue weighted by molar-refractivity contribution is -0.136. The minimum absolute atomic E-state index is 0.0995. The highest BCUT2D eigenvalue weighted by Gasteiger charge is 2.28. The van der Waals surface area contributed by atoms with Crippen molar-refractivity contribution in [2.24, 2.45) is 5.92 Å². The number of hydrogen-bond acceptors (Lipinski definition) is 3. The maximum atomic E-state index is 12.9. The molecule has 2 heterocycles. The molecule has 2 aliphatic rings. The lowest BCUT2D eigenvalue weighted by atomic mass is 9.95. The predicted octanol–water partition coefficient (Wildman–Crippen LogP) is 3.89. The molecule has 0 N–H and O–H groups in total. The summed E-state index contributed by atoms with van der Waals surface area (Å²) in [6, 6.07) is 16.7. The number of benzene rings is 2. The van der Waals surface area contributed by atoms with Crippen LogP contribution in [0.5, 0.6) is 5.75 Å². The van der Waals surface area contributed by atoms with Crippen molar-refractivity contribution in [3.63, 3.8) is 0 Å². The van der Waals surface area contributed by atoms with Crippen molar-refractivity contribution in [2.45, 2.75) is 32.2 Å². The molecule has 1 saturated heterocycles. The van der Waals surface area contributed by atoms with Crippen LogP contribution in [0.15, 0.2) is 48.5 Å². The molecule has 1 atom stereocenters. The highest BCUT2D eigenvalue weighted by atomic mass is 16.5. The zero-order valence-electron chi connectivity index (χ0n) is 16.1. The van der Waals surface area contributed by atoms with Gasteiger partial charge in [0.05, 0.1) is 5.92 Å². The smallest absolute Gasteiger partial charge is 0.229 e. The van der Waals surface area contributed by atoms with Gasteiger partial charge in [-0.2, -0.15) is 0 Å². The molecule has 4 nitrogen and oxygen atoms in total. The molecule has 2 aromatic carbocycles. The first-order valence-corrected chi connectivity index (χ1v) is 10.0. The van der Waals surface area contributed by atoms with Crippen molar-refractivity contribution in [1.29, 1.82) is 0 Å². The Morgan fingerprint density at radius 1 is 1.07 bits per heavy atom. The number of carbonyl (C=O) groups is 1. The zero-order valence-corrected chi connectivity index (χ0v) is 16.1. The average molecular weight is 364 g/mol. The van der Waals surface area contributed by atoms with Crippen LogP contribution in [0.3, 0.4) is 0 Å². The molecule has 1 amide bonds. The first-order chi connectivity index (χ1) is 13.2. The third kappa shape index (κ3) is 4.10. The van der Waals surface area contributed by atoms with Gasteiger partial charge in [-0.25, -0.2) is 0 Å². The Bertz CT molecular complexity index is 781. The van der Waals surface area contributed by atoms with E-state index in [2.05, 4.69) is 29.2 Å². The second-order valence-corrected chi connectivity index (χ2v) is 7.73. The van der Waals surface area contributed by atoms with Gasteiger partial charge in [-0.3, -0.25) is 4.79 Å². The van der Waals surface area contributed by atoms with E-state index in [0.717, 1.165) is 30.8 Å². The van der Waals surface area contributed by atoms with E-state index in [1.165, 1.54) is 30.5 Å². The Morgan fingerprint density at radius 2 is 1.81 bits per heavy atom. The van der Waals surface area contributed by atoms with Crippen LogP contribution in [0.25, 0.3) is 0 Å². The number of hydrogen-bond donors (Lipinski definition) is 0. The second-order valence-electron chi connectivity index (χ2n) is 7.73. The molecule has 2 aromatic rings. The zero-order chi connectivity index (χ0) is 18.6. The number of nitrogens with zero attached hydrogens (tertiary/aromatic N) is 2. The highest BCUT2D eigenvalue weighted by Crippen LogP contribution is 2.28. The lowest BCUT2D eigenvalue weighted by Gasteiger charge is -2.29. The fraction of sp³-hybridized carbons (Fsp3) is 0.435. The van der Waals surface area contributed by atoms with Gasteiger partial charge in [-0.05, 0) is 55.0 Å². The monoisotopic (exact) mass is 364 g/mol. The van der Waals surface area contributed by atoms with E-state index in [4.69, 9.17) is 4.74 Å². The maximum Gasteiger partial charge on any atom is 0.229 e. The van der Waals surface area contributed by atoms with Crippen LogP contribution < -0.4 is 9.64 Å². The Morgan fingerprint density at radius 3 is 2.59 bits per heavy atom. The molecule has 1 fully saturated rings. The molecule has 4 rings (SSSR count). The van der Waals surface area contributed by atoms with Crippen LogP contribution in [0, 0.1) is 5.92 Å². The quantitative estimate of drug-likeness (QED) is 0.825. The molecular weight excluding hydrogens is 336 g/mol. The van der Waals surface area contributed by atoms with E-state index in [-0.39, 0.29) is 11.8 Å². The van der Waals surface area contributed by atoms with Crippen LogP contribution in [-0.4, -0.2) is 37.6 Å². The number of fused-ring (bicyclic) bond motifs is 1. The van der Waals surface area contributed by atoms with Crippen molar-refractivity contribution in [3.05, 3.63) is 59.7 Å². The van der Waals surface area contributed by atoms with Gasteiger partial charge in [0.1, 0.15) is 12.4 Å². The highest BCUT2D eigenvalue weighted by molar-refractivity contribution is 5.79. The molecule has 0 bridgehead atoms. The number of ether oxygens (including phenoxy) is 1. The van der Waals surface area contributed by atoms with Gasteiger partial charge < -0.3 is 14.5 Å². The first kappa shape index (κ1) is 17.9. The number of piperidine rings is 1. The summed E-state index contributed by atoms with van der Waals surface area (Å²) in [5.41, 5.74) is 3.59. The van der Waals surface area contributed by atoms with Crippen molar-refractivity contribution in [1.82, 2.24) is 4.90 Å². The van der Waals surface area contributed by atoms with Crippen molar-refractivity contribution >= 4 is 11.6 Å². The summed E-state index contributed by atoms with van der Waals surface area (Å²) in [4.78, 5) is 17.2.